The maximum atomic E-state index is 12.9. The van der Waals surface area contributed by atoms with Crippen LogP contribution >= 0.6 is 0 Å². The zero-order valence-corrected chi connectivity index (χ0v) is 20.4. The molecule has 1 unspecified atom stereocenters. The van der Waals surface area contributed by atoms with Gasteiger partial charge in [0.2, 0.25) is 5.89 Å². The number of nitrogens with zero attached hydrogens (tertiary/aromatic N) is 4. The average molecular weight is 459 g/mol. The van der Waals surface area contributed by atoms with Crippen LogP contribution < -0.4 is 0 Å². The topological polar surface area (TPSA) is 82.3 Å². The number of benzene rings is 1. The van der Waals surface area contributed by atoms with Gasteiger partial charge in [-0.25, -0.2) is 4.98 Å². The largest absolute Gasteiger partial charge is 0.447 e. The van der Waals surface area contributed by atoms with Gasteiger partial charge in [-0.05, 0) is 33.3 Å². The molecule has 1 aromatic carbocycles. The highest BCUT2D eigenvalue weighted by Crippen LogP contribution is 2.13. The summed E-state index contributed by atoms with van der Waals surface area (Å²) in [5, 5.41) is 10.2. The standard InChI is InChI=1S/C25H38N4O4/c1-5-29(15-20-9-7-6-8-10-20)24(31)22-19-32-23(26-22)17-28-13-11-27(12-14-28)16-21(30)18-33-25(2,3)4/h6-10,19,21,30H,5,11-18H2,1-4H3. The van der Waals surface area contributed by atoms with Crippen molar-refractivity contribution in [3.8, 4) is 0 Å². The van der Waals surface area contributed by atoms with Crippen LogP contribution in [-0.2, 0) is 17.8 Å². The van der Waals surface area contributed by atoms with Gasteiger partial charge < -0.3 is 19.2 Å². The van der Waals surface area contributed by atoms with Crippen LogP contribution in [0.5, 0.6) is 0 Å². The van der Waals surface area contributed by atoms with Crippen LogP contribution in [0.4, 0.5) is 0 Å². The third-order valence-corrected chi connectivity index (χ3v) is 5.66. The molecule has 0 bridgehead atoms. The van der Waals surface area contributed by atoms with Crippen molar-refractivity contribution in [2.24, 2.45) is 0 Å². The van der Waals surface area contributed by atoms with Crippen LogP contribution in [0, 0.1) is 0 Å². The van der Waals surface area contributed by atoms with Crippen molar-refractivity contribution in [3.63, 3.8) is 0 Å². The number of aliphatic hydroxyl groups excluding tert-OH is 1. The monoisotopic (exact) mass is 458 g/mol. The van der Waals surface area contributed by atoms with Crippen LogP contribution in [0.2, 0.25) is 0 Å². The molecular formula is C25H38N4O4. The van der Waals surface area contributed by atoms with E-state index in [1.807, 2.05) is 58.0 Å². The third kappa shape index (κ3) is 8.23. The Labute approximate surface area is 197 Å². The molecule has 1 amide bonds. The fourth-order valence-corrected chi connectivity index (χ4v) is 3.79. The number of ether oxygens (including phenoxy) is 1. The number of aliphatic hydroxyl groups is 1. The van der Waals surface area contributed by atoms with Gasteiger partial charge in [0, 0.05) is 45.8 Å². The molecule has 3 rings (SSSR count). The van der Waals surface area contributed by atoms with E-state index in [1.165, 1.54) is 6.26 Å². The second-order valence-corrected chi connectivity index (χ2v) is 9.59. The van der Waals surface area contributed by atoms with Crippen molar-refractivity contribution in [1.82, 2.24) is 19.7 Å². The molecule has 1 saturated heterocycles. The summed E-state index contributed by atoms with van der Waals surface area (Å²) in [5.41, 5.74) is 1.19. The van der Waals surface area contributed by atoms with Crippen molar-refractivity contribution < 1.29 is 19.1 Å². The lowest BCUT2D eigenvalue weighted by Crippen LogP contribution is -2.49. The van der Waals surface area contributed by atoms with Crippen LogP contribution in [0.25, 0.3) is 0 Å². The molecule has 8 heteroatoms. The van der Waals surface area contributed by atoms with Gasteiger partial charge in [0.25, 0.3) is 5.91 Å². The van der Waals surface area contributed by atoms with Gasteiger partial charge in [0.1, 0.15) is 6.26 Å². The van der Waals surface area contributed by atoms with Crippen molar-refractivity contribution in [2.45, 2.75) is 52.5 Å². The molecule has 8 nitrogen and oxygen atoms in total. The van der Waals surface area contributed by atoms with E-state index in [4.69, 9.17) is 9.15 Å². The first-order chi connectivity index (χ1) is 15.7. The molecule has 2 aromatic rings. The van der Waals surface area contributed by atoms with Crippen LogP contribution in [0.15, 0.2) is 41.0 Å². The first-order valence-corrected chi connectivity index (χ1v) is 11.8. The first-order valence-electron chi connectivity index (χ1n) is 11.8. The molecule has 1 aliphatic heterocycles. The molecule has 0 spiro atoms. The van der Waals surface area contributed by atoms with E-state index in [0.29, 0.717) is 44.4 Å². The molecular weight excluding hydrogens is 420 g/mol. The Morgan fingerprint density at radius 1 is 1.18 bits per heavy atom. The van der Waals surface area contributed by atoms with E-state index in [2.05, 4.69) is 14.8 Å². The molecule has 1 aliphatic rings. The second kappa shape index (κ2) is 11.7. The van der Waals surface area contributed by atoms with Crippen molar-refractivity contribution >= 4 is 5.91 Å². The number of oxazole rings is 1. The molecule has 1 atom stereocenters. The maximum absolute atomic E-state index is 12.9. The van der Waals surface area contributed by atoms with Crippen LogP contribution in [-0.4, -0.2) is 88.3 Å². The van der Waals surface area contributed by atoms with E-state index in [-0.39, 0.29) is 11.5 Å². The van der Waals surface area contributed by atoms with E-state index in [1.54, 1.807) is 4.90 Å². The molecule has 1 aromatic heterocycles. The number of carbonyl (C=O) groups excluding carboxylic acids is 1. The van der Waals surface area contributed by atoms with Gasteiger partial charge in [-0.3, -0.25) is 14.6 Å². The Bertz CT molecular complexity index is 857. The minimum absolute atomic E-state index is 0.118. The summed E-state index contributed by atoms with van der Waals surface area (Å²) in [6.45, 7) is 14.0. The van der Waals surface area contributed by atoms with E-state index < -0.39 is 6.10 Å². The summed E-state index contributed by atoms with van der Waals surface area (Å²) >= 11 is 0. The van der Waals surface area contributed by atoms with Crippen LogP contribution in [0.1, 0.15) is 49.6 Å². The number of rotatable bonds is 10. The number of aromatic nitrogens is 1. The van der Waals surface area contributed by atoms with Gasteiger partial charge in [-0.15, -0.1) is 0 Å². The molecule has 1 fully saturated rings. The molecule has 0 aliphatic carbocycles. The summed E-state index contributed by atoms with van der Waals surface area (Å²) < 4.78 is 11.3. The fraction of sp³-hybridized carbons (Fsp3) is 0.600. The van der Waals surface area contributed by atoms with Gasteiger partial charge in [-0.2, -0.15) is 0 Å². The molecule has 1 N–H and O–H groups in total. The predicted octanol–water partition coefficient (Wildman–Crippen LogP) is 2.63. The lowest BCUT2D eigenvalue weighted by molar-refractivity contribution is -0.0588. The lowest BCUT2D eigenvalue weighted by Gasteiger charge is -2.35. The number of piperazine rings is 1. The Balaban J connectivity index is 1.44. The highest BCUT2D eigenvalue weighted by Gasteiger charge is 2.23. The van der Waals surface area contributed by atoms with Crippen molar-refractivity contribution in [1.29, 1.82) is 0 Å². The van der Waals surface area contributed by atoms with Gasteiger partial charge >= 0.3 is 0 Å². The minimum Gasteiger partial charge on any atom is -0.447 e. The molecule has 2 heterocycles. The second-order valence-electron chi connectivity index (χ2n) is 9.59. The summed E-state index contributed by atoms with van der Waals surface area (Å²) in [5.74, 6) is 0.439. The fourth-order valence-electron chi connectivity index (χ4n) is 3.79. The summed E-state index contributed by atoms with van der Waals surface area (Å²) in [6, 6.07) is 9.94. The van der Waals surface area contributed by atoms with E-state index >= 15 is 0 Å². The molecule has 33 heavy (non-hydrogen) atoms. The zero-order chi connectivity index (χ0) is 23.8. The SMILES string of the molecule is CCN(Cc1ccccc1)C(=O)c1coc(CN2CCN(CC(O)COC(C)(C)C)CC2)n1. The number of hydrogen-bond donors (Lipinski definition) is 1. The Hall–Kier alpha value is -2.26. The van der Waals surface area contributed by atoms with Gasteiger partial charge in [0.15, 0.2) is 5.69 Å². The smallest absolute Gasteiger partial charge is 0.276 e. The molecule has 0 saturated carbocycles. The summed E-state index contributed by atoms with van der Waals surface area (Å²) in [4.78, 5) is 23.6. The van der Waals surface area contributed by atoms with E-state index in [0.717, 1.165) is 31.7 Å². The Kier molecular flexibility index (Phi) is 9.02. The summed E-state index contributed by atoms with van der Waals surface area (Å²) in [6.07, 6.45) is 0.973. The Morgan fingerprint density at radius 3 is 2.48 bits per heavy atom. The minimum atomic E-state index is -0.492. The molecule has 0 radical (unpaired) electrons. The molecule has 182 valence electrons. The number of hydrogen-bond acceptors (Lipinski definition) is 7. The first kappa shape index (κ1) is 25.4. The third-order valence-electron chi connectivity index (χ3n) is 5.66. The Morgan fingerprint density at radius 2 is 1.85 bits per heavy atom. The number of amides is 1. The lowest BCUT2D eigenvalue weighted by atomic mass is 10.2. The zero-order valence-electron chi connectivity index (χ0n) is 20.4. The van der Waals surface area contributed by atoms with Crippen LogP contribution in [0.3, 0.4) is 0 Å². The van der Waals surface area contributed by atoms with Gasteiger partial charge in [-0.1, -0.05) is 30.3 Å². The highest BCUT2D eigenvalue weighted by molar-refractivity contribution is 5.91. The summed E-state index contributed by atoms with van der Waals surface area (Å²) in [7, 11) is 0. The van der Waals surface area contributed by atoms with Crippen molar-refractivity contribution in [3.05, 3.63) is 53.7 Å². The number of β-amino-alcohol motifs (C(OH)–C–C–N with tert-alkyl or cyclic N) is 1. The average Bonchev–Trinajstić information content (AvgIpc) is 3.26. The normalized spacial score (nSPS) is 16.6. The number of carbonyl (C=O) groups is 1. The maximum Gasteiger partial charge on any atom is 0.276 e. The van der Waals surface area contributed by atoms with E-state index in [9.17, 15) is 9.90 Å². The van der Waals surface area contributed by atoms with Crippen molar-refractivity contribution in [2.75, 3.05) is 45.9 Å². The van der Waals surface area contributed by atoms with Gasteiger partial charge in [0.05, 0.1) is 24.9 Å². The predicted molar refractivity (Wildman–Crippen MR) is 127 cm³/mol. The quantitative estimate of drug-likeness (QED) is 0.586. The highest BCUT2D eigenvalue weighted by atomic mass is 16.5.